The Morgan fingerprint density at radius 1 is 1.26 bits per heavy atom. The monoisotopic (exact) mass is 309 g/mol. The van der Waals surface area contributed by atoms with Crippen LogP contribution in [-0.4, -0.2) is 17.2 Å². The molecule has 0 bridgehead atoms. The molecule has 2 aromatic rings. The van der Waals surface area contributed by atoms with Crippen molar-refractivity contribution in [3.63, 3.8) is 0 Å². The molecule has 0 aromatic heterocycles. The van der Waals surface area contributed by atoms with Crippen LogP contribution in [0, 0.1) is 24.2 Å². The van der Waals surface area contributed by atoms with E-state index in [1.54, 1.807) is 42.5 Å². The van der Waals surface area contributed by atoms with Crippen LogP contribution < -0.4 is 9.47 Å². The second kappa shape index (κ2) is 6.01. The molecule has 1 saturated carbocycles. The lowest BCUT2D eigenvalue weighted by Gasteiger charge is -2.11. The smallest absolute Gasteiger partial charge is 0.310 e. The number of aliphatic carboxylic acids is 1. The molecule has 0 heterocycles. The third kappa shape index (κ3) is 3.43. The molecule has 2 atom stereocenters. The van der Waals surface area contributed by atoms with Crippen LogP contribution in [0.25, 0.3) is 0 Å². The molecule has 5 nitrogen and oxygen atoms in total. The Morgan fingerprint density at radius 2 is 2.04 bits per heavy atom. The maximum Gasteiger partial charge on any atom is 0.310 e. The number of nitrogens with zero attached hydrogens (tertiary/aromatic N) is 1. The number of rotatable bonds is 5. The molecule has 1 N–H and O–H groups in total. The zero-order valence-electron chi connectivity index (χ0n) is 12.5. The van der Waals surface area contributed by atoms with Crippen LogP contribution in [0.2, 0.25) is 0 Å². The molecular formula is C18H15NO4. The first kappa shape index (κ1) is 14.9. The molecular weight excluding hydrogens is 294 g/mol. The van der Waals surface area contributed by atoms with E-state index in [0.29, 0.717) is 29.2 Å². The van der Waals surface area contributed by atoms with Crippen LogP contribution in [0.15, 0.2) is 42.5 Å². The molecule has 0 radical (unpaired) electrons. The first-order chi connectivity index (χ1) is 11.1. The predicted octanol–water partition coefficient (Wildman–Crippen LogP) is 3.51. The summed E-state index contributed by atoms with van der Waals surface area (Å²) in [5.74, 6) is 0.609. The van der Waals surface area contributed by atoms with Gasteiger partial charge in [-0.05, 0) is 42.8 Å². The van der Waals surface area contributed by atoms with Crippen molar-refractivity contribution in [1.82, 2.24) is 0 Å². The zero-order valence-corrected chi connectivity index (χ0v) is 12.5. The van der Waals surface area contributed by atoms with Gasteiger partial charge < -0.3 is 14.6 Å². The molecule has 0 spiro atoms. The Morgan fingerprint density at radius 3 is 2.70 bits per heavy atom. The SMILES string of the molecule is Cc1cc(C#N)ccc1Oc1cccc(O[C@@H]2CC2C(=O)O)c1. The molecule has 1 aliphatic rings. The molecule has 1 aliphatic carbocycles. The lowest BCUT2D eigenvalue weighted by molar-refractivity contribution is -0.139. The number of carboxylic acids is 1. The van der Waals surface area contributed by atoms with Gasteiger partial charge in [-0.15, -0.1) is 0 Å². The van der Waals surface area contributed by atoms with E-state index in [0.717, 1.165) is 5.56 Å². The zero-order chi connectivity index (χ0) is 16.4. The Labute approximate surface area is 133 Å². The van der Waals surface area contributed by atoms with Crippen molar-refractivity contribution in [2.45, 2.75) is 19.4 Å². The fourth-order valence-electron chi connectivity index (χ4n) is 2.31. The van der Waals surface area contributed by atoms with Gasteiger partial charge in [-0.1, -0.05) is 6.07 Å². The van der Waals surface area contributed by atoms with E-state index in [1.165, 1.54) is 0 Å². The van der Waals surface area contributed by atoms with Gasteiger partial charge in [0.2, 0.25) is 0 Å². The van der Waals surface area contributed by atoms with Gasteiger partial charge in [-0.3, -0.25) is 4.79 Å². The summed E-state index contributed by atoms with van der Waals surface area (Å²) in [5.41, 5.74) is 1.45. The molecule has 1 unspecified atom stereocenters. The number of hydrogen-bond donors (Lipinski definition) is 1. The molecule has 0 amide bonds. The van der Waals surface area contributed by atoms with Crippen molar-refractivity contribution < 1.29 is 19.4 Å². The molecule has 23 heavy (non-hydrogen) atoms. The largest absolute Gasteiger partial charge is 0.489 e. The molecule has 0 saturated heterocycles. The number of benzene rings is 2. The summed E-state index contributed by atoms with van der Waals surface area (Å²) in [4.78, 5) is 10.8. The van der Waals surface area contributed by atoms with E-state index < -0.39 is 11.9 Å². The molecule has 3 rings (SSSR count). The Hall–Kier alpha value is -3.00. The van der Waals surface area contributed by atoms with Crippen LogP contribution in [0.4, 0.5) is 0 Å². The molecule has 1 fully saturated rings. The van der Waals surface area contributed by atoms with Crippen LogP contribution in [0.5, 0.6) is 17.2 Å². The van der Waals surface area contributed by atoms with Crippen molar-refractivity contribution in [3.05, 3.63) is 53.6 Å². The van der Waals surface area contributed by atoms with Crippen LogP contribution in [-0.2, 0) is 4.79 Å². The van der Waals surface area contributed by atoms with E-state index >= 15 is 0 Å². The highest BCUT2D eigenvalue weighted by atomic mass is 16.5. The number of carbonyl (C=O) groups is 1. The highest BCUT2D eigenvalue weighted by molar-refractivity contribution is 5.74. The molecule has 5 heteroatoms. The normalized spacial score (nSPS) is 18.8. The lowest BCUT2D eigenvalue weighted by Crippen LogP contribution is -2.07. The topological polar surface area (TPSA) is 79.5 Å². The van der Waals surface area contributed by atoms with E-state index in [1.807, 2.05) is 6.92 Å². The maximum atomic E-state index is 10.8. The van der Waals surface area contributed by atoms with Gasteiger partial charge in [0.15, 0.2) is 0 Å². The number of aryl methyl sites for hydroxylation is 1. The van der Waals surface area contributed by atoms with Gasteiger partial charge in [-0.25, -0.2) is 0 Å². The average Bonchev–Trinajstić information content (AvgIpc) is 3.29. The second-order valence-electron chi connectivity index (χ2n) is 5.51. The molecule has 116 valence electrons. The highest BCUT2D eigenvalue weighted by Crippen LogP contribution is 2.36. The van der Waals surface area contributed by atoms with Gasteiger partial charge >= 0.3 is 5.97 Å². The molecule has 0 aliphatic heterocycles. The van der Waals surface area contributed by atoms with Crippen LogP contribution >= 0.6 is 0 Å². The first-order valence-electron chi connectivity index (χ1n) is 7.25. The highest BCUT2D eigenvalue weighted by Gasteiger charge is 2.45. The lowest BCUT2D eigenvalue weighted by atomic mass is 10.1. The van der Waals surface area contributed by atoms with E-state index in [4.69, 9.17) is 19.8 Å². The van der Waals surface area contributed by atoms with Crippen molar-refractivity contribution >= 4 is 5.97 Å². The van der Waals surface area contributed by atoms with E-state index in [2.05, 4.69) is 6.07 Å². The quantitative estimate of drug-likeness (QED) is 0.914. The van der Waals surface area contributed by atoms with E-state index in [9.17, 15) is 4.79 Å². The fraction of sp³-hybridized carbons (Fsp3) is 0.222. The summed E-state index contributed by atoms with van der Waals surface area (Å²) in [6.07, 6.45) is 0.272. The number of carboxylic acid groups (broad SMARTS) is 1. The van der Waals surface area contributed by atoms with E-state index in [-0.39, 0.29) is 6.10 Å². The second-order valence-corrected chi connectivity index (χ2v) is 5.51. The summed E-state index contributed by atoms with van der Waals surface area (Å²) >= 11 is 0. The Balaban J connectivity index is 1.71. The van der Waals surface area contributed by atoms with Crippen LogP contribution in [0.3, 0.4) is 0 Å². The average molecular weight is 309 g/mol. The Bertz CT molecular complexity index is 794. The number of nitriles is 1. The minimum atomic E-state index is -0.824. The summed E-state index contributed by atoms with van der Waals surface area (Å²) in [6.45, 7) is 1.87. The van der Waals surface area contributed by atoms with Gasteiger partial charge in [-0.2, -0.15) is 5.26 Å². The first-order valence-corrected chi connectivity index (χ1v) is 7.25. The number of hydrogen-bond acceptors (Lipinski definition) is 4. The standard InChI is InChI=1S/C18H15NO4/c1-11-7-12(10-19)5-6-16(11)22-13-3-2-4-14(8-13)23-17-9-15(17)18(20)21/h2-8,15,17H,9H2,1H3,(H,20,21)/t15?,17-/m1/s1. The third-order valence-electron chi connectivity index (χ3n) is 3.67. The minimum Gasteiger partial charge on any atom is -0.489 e. The predicted molar refractivity (Wildman–Crippen MR) is 82.6 cm³/mol. The summed E-state index contributed by atoms with van der Waals surface area (Å²) in [6, 6.07) is 14.4. The maximum absolute atomic E-state index is 10.8. The Kier molecular flexibility index (Phi) is 3.90. The van der Waals surface area contributed by atoms with Crippen molar-refractivity contribution in [2.75, 3.05) is 0 Å². The third-order valence-corrected chi connectivity index (χ3v) is 3.67. The summed E-state index contributed by atoms with van der Waals surface area (Å²) in [7, 11) is 0. The van der Waals surface area contributed by atoms with Crippen molar-refractivity contribution in [2.24, 2.45) is 5.92 Å². The van der Waals surface area contributed by atoms with Gasteiger partial charge in [0.1, 0.15) is 23.4 Å². The molecule has 2 aromatic carbocycles. The minimum absolute atomic E-state index is 0.264. The van der Waals surface area contributed by atoms with Crippen LogP contribution in [0.1, 0.15) is 17.5 Å². The fourth-order valence-corrected chi connectivity index (χ4v) is 2.31. The van der Waals surface area contributed by atoms with Crippen molar-refractivity contribution in [3.8, 4) is 23.3 Å². The van der Waals surface area contributed by atoms with Gasteiger partial charge in [0.05, 0.1) is 17.6 Å². The summed E-state index contributed by atoms with van der Waals surface area (Å²) in [5, 5.41) is 17.8. The van der Waals surface area contributed by atoms with Gasteiger partial charge in [0.25, 0.3) is 0 Å². The number of ether oxygens (including phenoxy) is 2. The summed E-state index contributed by atoms with van der Waals surface area (Å²) < 4.78 is 11.5. The van der Waals surface area contributed by atoms with Gasteiger partial charge in [0, 0.05) is 12.5 Å². The van der Waals surface area contributed by atoms with Crippen molar-refractivity contribution in [1.29, 1.82) is 5.26 Å².